The summed E-state index contributed by atoms with van der Waals surface area (Å²) in [4.78, 5) is 17.9. The number of ether oxygens (including phenoxy) is 1. The van der Waals surface area contributed by atoms with Crippen molar-refractivity contribution in [2.24, 2.45) is 0 Å². The summed E-state index contributed by atoms with van der Waals surface area (Å²) >= 11 is 0. The van der Waals surface area contributed by atoms with Gasteiger partial charge in [0.1, 0.15) is 16.8 Å². The lowest BCUT2D eigenvalue weighted by Gasteiger charge is -2.10. The molecule has 0 radical (unpaired) electrons. The summed E-state index contributed by atoms with van der Waals surface area (Å²) in [7, 11) is 1.46. The number of nitrogens with zero attached hydrogens (tertiary/aromatic N) is 3. The van der Waals surface area contributed by atoms with Crippen molar-refractivity contribution >= 4 is 22.6 Å². The van der Waals surface area contributed by atoms with Gasteiger partial charge in [-0.2, -0.15) is 13.2 Å². The van der Waals surface area contributed by atoms with Crippen LogP contribution in [0.3, 0.4) is 0 Å². The molecule has 3 rings (SSSR count). The maximum atomic E-state index is 12.8. The molecule has 2 aromatic carbocycles. The number of alkyl halides is 3. The fraction of sp³-hybridized carbons (Fsp3) is 0.188. The number of amides is 1. The number of carbonyl (C=O) groups excluding carboxylic acids is 1. The maximum Gasteiger partial charge on any atom is 0.416 e. The molecule has 0 bridgehead atoms. The Balaban J connectivity index is 1.72. The number of hydrogen-bond donors (Lipinski definition) is 1. The minimum atomic E-state index is -4.51. The van der Waals surface area contributed by atoms with Crippen molar-refractivity contribution in [3.8, 4) is 5.75 Å². The van der Waals surface area contributed by atoms with Gasteiger partial charge in [-0.15, -0.1) is 5.10 Å². The monoisotopic (exact) mass is 366 g/mol. The molecular formula is C16H13F3N4O3. The molecule has 0 saturated heterocycles. The van der Waals surface area contributed by atoms with Gasteiger partial charge in [0.15, 0.2) is 6.61 Å². The van der Waals surface area contributed by atoms with E-state index in [1.54, 1.807) is 24.3 Å². The molecular weight excluding hydrogens is 353 g/mol. The quantitative estimate of drug-likeness (QED) is 0.751. The second-order valence-corrected chi connectivity index (χ2v) is 5.19. The number of methoxy groups -OCH3 is 1. The van der Waals surface area contributed by atoms with E-state index in [0.29, 0.717) is 11.4 Å². The van der Waals surface area contributed by atoms with E-state index in [2.05, 4.69) is 15.6 Å². The van der Waals surface area contributed by atoms with Crippen LogP contribution in [-0.2, 0) is 11.0 Å². The van der Waals surface area contributed by atoms with Gasteiger partial charge in [0.25, 0.3) is 5.91 Å². The number of aromatic nitrogens is 3. The molecule has 0 spiro atoms. The molecule has 10 heteroatoms. The second-order valence-electron chi connectivity index (χ2n) is 5.19. The van der Waals surface area contributed by atoms with Gasteiger partial charge in [-0.1, -0.05) is 17.0 Å². The van der Waals surface area contributed by atoms with Crippen molar-refractivity contribution in [3.05, 3.63) is 48.0 Å². The molecule has 3 aromatic rings. The van der Waals surface area contributed by atoms with Crippen LogP contribution in [0.2, 0.25) is 0 Å². The summed E-state index contributed by atoms with van der Waals surface area (Å²) in [6.07, 6.45) is -4.51. The van der Waals surface area contributed by atoms with Gasteiger partial charge in [0, 0.05) is 0 Å². The number of para-hydroxylation sites is 2. The van der Waals surface area contributed by atoms with Gasteiger partial charge < -0.3 is 14.9 Å². The molecule has 1 aromatic heterocycles. The lowest BCUT2D eigenvalue weighted by Crippen LogP contribution is -2.26. The van der Waals surface area contributed by atoms with Crippen LogP contribution in [0, 0.1) is 0 Å². The van der Waals surface area contributed by atoms with Gasteiger partial charge in [-0.25, -0.2) is 0 Å². The van der Waals surface area contributed by atoms with E-state index in [1.165, 1.54) is 13.2 Å². The van der Waals surface area contributed by atoms with Gasteiger partial charge >= 0.3 is 6.18 Å². The molecule has 0 aliphatic heterocycles. The molecule has 0 atom stereocenters. The number of halogens is 3. The van der Waals surface area contributed by atoms with Crippen LogP contribution in [0.25, 0.3) is 11.0 Å². The first-order valence-corrected chi connectivity index (χ1v) is 7.37. The lowest BCUT2D eigenvalue weighted by molar-refractivity contribution is -0.137. The molecule has 0 aliphatic rings. The minimum absolute atomic E-state index is 0.00455. The van der Waals surface area contributed by atoms with Crippen LogP contribution < -0.4 is 14.9 Å². The van der Waals surface area contributed by atoms with E-state index in [1.807, 2.05) is 0 Å². The molecule has 0 aliphatic carbocycles. The molecule has 0 saturated carbocycles. The number of benzene rings is 2. The third-order valence-electron chi connectivity index (χ3n) is 3.44. The fourth-order valence-corrected chi connectivity index (χ4v) is 2.22. The Kier molecular flexibility index (Phi) is 4.65. The number of carbonyl (C=O) groups is 1. The SMILES string of the molecule is COc1ccccc1NC(=O)COn1nnc2ccc(C(F)(F)F)cc21. The standard InChI is InChI=1S/C16H13F3N4O3/c1-25-14-5-3-2-4-12(14)20-15(24)9-26-23-13-8-10(16(17,18)19)6-7-11(13)21-22-23/h2-8H,9H2,1H3,(H,20,24). The van der Waals surface area contributed by atoms with Gasteiger partial charge in [0.2, 0.25) is 0 Å². The maximum absolute atomic E-state index is 12.8. The van der Waals surface area contributed by atoms with E-state index in [9.17, 15) is 18.0 Å². The minimum Gasteiger partial charge on any atom is -0.495 e. The molecule has 26 heavy (non-hydrogen) atoms. The topological polar surface area (TPSA) is 78.3 Å². The van der Waals surface area contributed by atoms with Gasteiger partial charge in [0.05, 0.1) is 18.4 Å². The zero-order valence-electron chi connectivity index (χ0n) is 13.4. The van der Waals surface area contributed by atoms with E-state index in [-0.39, 0.29) is 11.0 Å². The summed E-state index contributed by atoms with van der Waals surface area (Å²) in [6.45, 7) is -0.479. The Bertz CT molecular complexity index is 940. The summed E-state index contributed by atoms with van der Waals surface area (Å²) in [5.41, 5.74) is -0.213. The highest BCUT2D eigenvalue weighted by Gasteiger charge is 2.31. The first-order chi connectivity index (χ1) is 12.4. The number of fused-ring (bicyclic) bond motifs is 1. The molecule has 1 N–H and O–H groups in total. The van der Waals surface area contributed by atoms with Crippen LogP contribution in [0.1, 0.15) is 5.56 Å². The third-order valence-corrected chi connectivity index (χ3v) is 3.44. The fourth-order valence-electron chi connectivity index (χ4n) is 2.22. The lowest BCUT2D eigenvalue weighted by atomic mass is 10.2. The Morgan fingerprint density at radius 2 is 2.00 bits per heavy atom. The van der Waals surface area contributed by atoms with Crippen molar-refractivity contribution in [3.63, 3.8) is 0 Å². The molecule has 0 fully saturated rings. The molecule has 1 heterocycles. The van der Waals surface area contributed by atoms with E-state index in [4.69, 9.17) is 9.57 Å². The number of hydrogen-bond acceptors (Lipinski definition) is 5. The Labute approximate surface area is 145 Å². The highest BCUT2D eigenvalue weighted by molar-refractivity contribution is 5.93. The highest BCUT2D eigenvalue weighted by Crippen LogP contribution is 2.30. The van der Waals surface area contributed by atoms with E-state index < -0.39 is 24.3 Å². The molecule has 7 nitrogen and oxygen atoms in total. The Morgan fingerprint density at radius 1 is 1.23 bits per heavy atom. The zero-order valence-corrected chi connectivity index (χ0v) is 13.4. The predicted molar refractivity (Wildman–Crippen MR) is 85.6 cm³/mol. The zero-order chi connectivity index (χ0) is 18.7. The number of rotatable bonds is 5. The predicted octanol–water partition coefficient (Wildman–Crippen LogP) is 2.53. The number of nitrogens with one attached hydrogen (secondary N) is 1. The summed E-state index contributed by atoms with van der Waals surface area (Å²) < 4.78 is 43.6. The molecule has 136 valence electrons. The van der Waals surface area contributed by atoms with Crippen molar-refractivity contribution < 1.29 is 27.5 Å². The van der Waals surface area contributed by atoms with Gasteiger partial charge in [-0.05, 0) is 35.5 Å². The largest absolute Gasteiger partial charge is 0.495 e. The van der Waals surface area contributed by atoms with E-state index in [0.717, 1.165) is 17.0 Å². The van der Waals surface area contributed by atoms with Gasteiger partial charge in [-0.3, -0.25) is 4.79 Å². The first kappa shape index (κ1) is 17.5. The van der Waals surface area contributed by atoms with E-state index >= 15 is 0 Å². The van der Waals surface area contributed by atoms with Crippen LogP contribution in [0.5, 0.6) is 5.75 Å². The van der Waals surface area contributed by atoms with Crippen molar-refractivity contribution in [2.75, 3.05) is 19.0 Å². The van der Waals surface area contributed by atoms with Crippen molar-refractivity contribution in [1.29, 1.82) is 0 Å². The Hall–Kier alpha value is -3.30. The number of anilines is 1. The average Bonchev–Trinajstić information content (AvgIpc) is 3.02. The second kappa shape index (κ2) is 6.90. The Morgan fingerprint density at radius 3 is 2.73 bits per heavy atom. The van der Waals surface area contributed by atoms with Crippen LogP contribution in [-0.4, -0.2) is 34.8 Å². The average molecular weight is 366 g/mol. The van der Waals surface area contributed by atoms with Crippen LogP contribution in [0.4, 0.5) is 18.9 Å². The smallest absolute Gasteiger partial charge is 0.416 e. The van der Waals surface area contributed by atoms with Crippen molar-refractivity contribution in [1.82, 2.24) is 15.2 Å². The summed E-state index contributed by atoms with van der Waals surface area (Å²) in [6, 6.07) is 9.69. The summed E-state index contributed by atoms with van der Waals surface area (Å²) in [5.74, 6) is -0.0769. The molecule has 1 amide bonds. The first-order valence-electron chi connectivity index (χ1n) is 7.37. The van der Waals surface area contributed by atoms with Crippen LogP contribution in [0.15, 0.2) is 42.5 Å². The van der Waals surface area contributed by atoms with Crippen LogP contribution >= 0.6 is 0 Å². The molecule has 0 unspecified atom stereocenters. The summed E-state index contributed by atoms with van der Waals surface area (Å²) in [5, 5.41) is 9.88. The normalized spacial score (nSPS) is 11.4. The van der Waals surface area contributed by atoms with Crippen molar-refractivity contribution in [2.45, 2.75) is 6.18 Å². The highest BCUT2D eigenvalue weighted by atomic mass is 19.4. The third kappa shape index (κ3) is 3.68.